The smallest absolute Gasteiger partial charge is 0.257 e. The fourth-order valence-electron chi connectivity index (χ4n) is 3.75. The van der Waals surface area contributed by atoms with Gasteiger partial charge in [-0.1, -0.05) is 41.4 Å². The molecular weight excluding hydrogens is 388 g/mol. The topological polar surface area (TPSA) is 57.7 Å². The van der Waals surface area contributed by atoms with E-state index < -0.39 is 6.04 Å². The van der Waals surface area contributed by atoms with E-state index in [0.717, 1.165) is 24.0 Å². The third kappa shape index (κ3) is 4.20. The van der Waals surface area contributed by atoms with Crippen molar-refractivity contribution in [2.24, 2.45) is 5.92 Å². The number of hydrogen-bond donors (Lipinski definition) is 0. The van der Waals surface area contributed by atoms with E-state index in [4.69, 9.17) is 11.6 Å². The number of rotatable bonds is 6. The SMILES string of the molecule is Cc1ccc(N2C(=O)CC(N(CCc3cccc(Cl)c3)C(=O)C3CC3)C2=O)cc1. The van der Waals surface area contributed by atoms with Gasteiger partial charge in [0.05, 0.1) is 12.1 Å². The van der Waals surface area contributed by atoms with E-state index in [9.17, 15) is 14.4 Å². The number of halogens is 1. The number of hydrogen-bond acceptors (Lipinski definition) is 3. The Kier molecular flexibility index (Phi) is 5.41. The number of nitrogens with zero attached hydrogens (tertiary/aromatic N) is 2. The largest absolute Gasteiger partial charge is 0.330 e. The Hall–Kier alpha value is -2.66. The van der Waals surface area contributed by atoms with Crippen LogP contribution < -0.4 is 4.90 Å². The minimum Gasteiger partial charge on any atom is -0.330 e. The minimum atomic E-state index is -0.740. The normalized spacial score (nSPS) is 19.0. The molecule has 0 radical (unpaired) electrons. The van der Waals surface area contributed by atoms with Crippen molar-refractivity contribution in [3.63, 3.8) is 0 Å². The number of aryl methyl sites for hydroxylation is 1. The molecule has 0 bridgehead atoms. The van der Waals surface area contributed by atoms with E-state index in [2.05, 4.69) is 0 Å². The summed E-state index contributed by atoms with van der Waals surface area (Å²) in [6, 6.07) is 14.0. The third-order valence-electron chi connectivity index (χ3n) is 5.53. The molecular formula is C23H23ClN2O3. The van der Waals surface area contributed by atoms with Gasteiger partial charge in [0, 0.05) is 17.5 Å². The van der Waals surface area contributed by atoms with Crippen LogP contribution in [0.2, 0.25) is 5.02 Å². The molecule has 29 heavy (non-hydrogen) atoms. The van der Waals surface area contributed by atoms with Crippen LogP contribution in [0.5, 0.6) is 0 Å². The molecule has 2 aromatic carbocycles. The van der Waals surface area contributed by atoms with Crippen molar-refractivity contribution in [3.05, 3.63) is 64.7 Å². The summed E-state index contributed by atoms with van der Waals surface area (Å²) < 4.78 is 0. The van der Waals surface area contributed by atoms with E-state index >= 15 is 0 Å². The zero-order chi connectivity index (χ0) is 20.5. The van der Waals surface area contributed by atoms with Gasteiger partial charge in [0.2, 0.25) is 11.8 Å². The highest BCUT2D eigenvalue weighted by Gasteiger charge is 2.46. The summed E-state index contributed by atoms with van der Waals surface area (Å²) in [4.78, 5) is 41.6. The van der Waals surface area contributed by atoms with Crippen molar-refractivity contribution >= 4 is 35.0 Å². The maximum absolute atomic E-state index is 13.1. The lowest BCUT2D eigenvalue weighted by atomic mass is 10.1. The van der Waals surface area contributed by atoms with Gasteiger partial charge < -0.3 is 4.90 Å². The van der Waals surface area contributed by atoms with Crippen LogP contribution in [-0.2, 0) is 20.8 Å². The third-order valence-corrected chi connectivity index (χ3v) is 5.77. The van der Waals surface area contributed by atoms with Crippen LogP contribution in [-0.4, -0.2) is 35.2 Å². The van der Waals surface area contributed by atoms with Gasteiger partial charge in [0.25, 0.3) is 5.91 Å². The fourth-order valence-corrected chi connectivity index (χ4v) is 3.96. The fraction of sp³-hybridized carbons (Fsp3) is 0.348. The predicted octanol–water partition coefficient (Wildman–Crippen LogP) is 3.76. The second-order valence-electron chi connectivity index (χ2n) is 7.81. The van der Waals surface area contributed by atoms with Gasteiger partial charge in [-0.25, -0.2) is 4.90 Å². The first-order valence-electron chi connectivity index (χ1n) is 9.92. The van der Waals surface area contributed by atoms with Crippen LogP contribution in [0, 0.1) is 12.8 Å². The maximum Gasteiger partial charge on any atom is 0.257 e. The summed E-state index contributed by atoms with van der Waals surface area (Å²) >= 11 is 6.06. The number of carbonyl (C=O) groups excluding carboxylic acids is 3. The first kappa shape index (κ1) is 19.6. The van der Waals surface area contributed by atoms with E-state index in [1.807, 2.05) is 37.3 Å². The first-order chi connectivity index (χ1) is 13.9. The van der Waals surface area contributed by atoms with Crippen molar-refractivity contribution in [3.8, 4) is 0 Å². The van der Waals surface area contributed by atoms with Crippen molar-refractivity contribution < 1.29 is 14.4 Å². The molecule has 1 heterocycles. The summed E-state index contributed by atoms with van der Waals surface area (Å²) in [5, 5.41) is 0.639. The summed E-state index contributed by atoms with van der Waals surface area (Å²) in [7, 11) is 0. The average molecular weight is 411 g/mol. The maximum atomic E-state index is 13.1. The van der Waals surface area contributed by atoms with Crippen LogP contribution in [0.15, 0.2) is 48.5 Å². The lowest BCUT2D eigenvalue weighted by molar-refractivity contribution is -0.139. The minimum absolute atomic E-state index is 0.0225. The highest BCUT2D eigenvalue weighted by Crippen LogP contribution is 2.34. The van der Waals surface area contributed by atoms with Crippen molar-refractivity contribution in [1.29, 1.82) is 0 Å². The number of imide groups is 1. The standard InChI is InChI=1S/C23H23ClN2O3/c1-15-5-9-19(10-6-15)26-21(27)14-20(23(26)29)25(22(28)17-7-8-17)12-11-16-3-2-4-18(24)13-16/h2-6,9-10,13,17,20H,7-8,11-12,14H2,1H3. The second kappa shape index (κ2) is 7.99. The van der Waals surface area contributed by atoms with E-state index in [1.165, 1.54) is 4.90 Å². The molecule has 1 saturated heterocycles. The molecule has 1 aliphatic heterocycles. The van der Waals surface area contributed by atoms with Crippen molar-refractivity contribution in [1.82, 2.24) is 4.90 Å². The molecule has 1 aliphatic carbocycles. The quantitative estimate of drug-likeness (QED) is 0.681. The molecule has 150 valence electrons. The highest BCUT2D eigenvalue weighted by molar-refractivity contribution is 6.30. The second-order valence-corrected chi connectivity index (χ2v) is 8.25. The first-order valence-corrected chi connectivity index (χ1v) is 10.3. The van der Waals surface area contributed by atoms with Gasteiger partial charge in [-0.2, -0.15) is 0 Å². The molecule has 3 amide bonds. The molecule has 6 heteroatoms. The Morgan fingerprint density at radius 1 is 1.14 bits per heavy atom. The molecule has 2 aliphatic rings. The zero-order valence-electron chi connectivity index (χ0n) is 16.3. The molecule has 5 nitrogen and oxygen atoms in total. The Bertz CT molecular complexity index is 953. The van der Waals surface area contributed by atoms with Gasteiger partial charge in [-0.15, -0.1) is 0 Å². The van der Waals surface area contributed by atoms with Crippen LogP contribution >= 0.6 is 11.6 Å². The number of amides is 3. The Morgan fingerprint density at radius 2 is 1.86 bits per heavy atom. The van der Waals surface area contributed by atoms with Gasteiger partial charge in [-0.05, 0) is 56.0 Å². The molecule has 1 atom stereocenters. The van der Waals surface area contributed by atoms with Gasteiger partial charge in [0.15, 0.2) is 0 Å². The Morgan fingerprint density at radius 3 is 2.52 bits per heavy atom. The molecule has 1 saturated carbocycles. The summed E-state index contributed by atoms with van der Waals surface area (Å²) in [5.41, 5.74) is 2.61. The number of carbonyl (C=O) groups is 3. The average Bonchev–Trinajstić information content (AvgIpc) is 3.50. The zero-order valence-corrected chi connectivity index (χ0v) is 17.1. The molecule has 1 unspecified atom stereocenters. The van der Waals surface area contributed by atoms with E-state index in [0.29, 0.717) is 23.7 Å². The van der Waals surface area contributed by atoms with Gasteiger partial charge >= 0.3 is 0 Å². The lowest BCUT2D eigenvalue weighted by Gasteiger charge is -2.28. The number of benzene rings is 2. The predicted molar refractivity (Wildman–Crippen MR) is 112 cm³/mol. The number of anilines is 1. The van der Waals surface area contributed by atoms with E-state index in [1.54, 1.807) is 23.1 Å². The van der Waals surface area contributed by atoms with Crippen molar-refractivity contribution in [2.45, 2.75) is 38.6 Å². The van der Waals surface area contributed by atoms with E-state index in [-0.39, 0.29) is 30.1 Å². The van der Waals surface area contributed by atoms with Crippen LogP contribution in [0.3, 0.4) is 0 Å². The van der Waals surface area contributed by atoms with Gasteiger partial charge in [-0.3, -0.25) is 14.4 Å². The summed E-state index contributed by atoms with van der Waals surface area (Å²) in [5.74, 6) is -0.631. The van der Waals surface area contributed by atoms with Crippen LogP contribution in [0.1, 0.15) is 30.4 Å². The molecule has 4 rings (SSSR count). The van der Waals surface area contributed by atoms with Crippen LogP contribution in [0.4, 0.5) is 5.69 Å². The summed E-state index contributed by atoms with van der Waals surface area (Å²) in [6.45, 7) is 2.34. The van der Waals surface area contributed by atoms with Crippen LogP contribution in [0.25, 0.3) is 0 Å². The van der Waals surface area contributed by atoms with Gasteiger partial charge in [0.1, 0.15) is 6.04 Å². The molecule has 2 fully saturated rings. The Labute approximate surface area is 175 Å². The highest BCUT2D eigenvalue weighted by atomic mass is 35.5. The Balaban J connectivity index is 1.55. The molecule has 2 aromatic rings. The molecule has 0 aromatic heterocycles. The monoisotopic (exact) mass is 410 g/mol. The summed E-state index contributed by atoms with van der Waals surface area (Å²) in [6.07, 6.45) is 2.31. The molecule has 0 spiro atoms. The van der Waals surface area contributed by atoms with Crippen molar-refractivity contribution in [2.75, 3.05) is 11.4 Å². The lowest BCUT2D eigenvalue weighted by Crippen LogP contribution is -2.47. The molecule has 0 N–H and O–H groups in total.